The van der Waals surface area contributed by atoms with Gasteiger partial charge in [-0.1, -0.05) is 12.1 Å². The second-order valence-corrected chi connectivity index (χ2v) is 5.25. The summed E-state index contributed by atoms with van der Waals surface area (Å²) in [5.41, 5.74) is 2.34. The van der Waals surface area contributed by atoms with Gasteiger partial charge in [0.15, 0.2) is 0 Å². The molecule has 2 unspecified atom stereocenters. The van der Waals surface area contributed by atoms with E-state index in [1.165, 1.54) is 31.5 Å². The zero-order valence-corrected chi connectivity index (χ0v) is 9.76. The van der Waals surface area contributed by atoms with Crippen LogP contribution in [0, 0.1) is 5.92 Å². The molecule has 1 saturated carbocycles. The molecule has 2 fully saturated rings. The van der Waals surface area contributed by atoms with Crippen molar-refractivity contribution < 1.29 is 5.11 Å². The topological polar surface area (TPSA) is 23.5 Å². The van der Waals surface area contributed by atoms with E-state index in [2.05, 4.69) is 17.0 Å². The van der Waals surface area contributed by atoms with Crippen LogP contribution in [0.25, 0.3) is 0 Å². The minimum Gasteiger partial charge on any atom is -0.389 e. The molecule has 1 aliphatic carbocycles. The summed E-state index contributed by atoms with van der Waals surface area (Å²) in [6.07, 6.45) is 3.82. The molecular formula is C14H19NO. The molecule has 1 heterocycles. The van der Waals surface area contributed by atoms with Crippen molar-refractivity contribution in [2.45, 2.75) is 38.3 Å². The van der Waals surface area contributed by atoms with E-state index in [1.807, 2.05) is 19.1 Å². The summed E-state index contributed by atoms with van der Waals surface area (Å²) >= 11 is 0. The summed E-state index contributed by atoms with van der Waals surface area (Å²) in [7, 11) is 0. The number of fused-ring (bicyclic) bond motifs is 2. The Morgan fingerprint density at radius 2 is 2.00 bits per heavy atom. The first-order chi connectivity index (χ1) is 7.74. The molecule has 0 spiro atoms. The van der Waals surface area contributed by atoms with E-state index in [0.717, 1.165) is 17.5 Å². The summed E-state index contributed by atoms with van der Waals surface area (Å²) < 4.78 is 0. The molecule has 3 rings (SSSR count). The molecule has 0 amide bonds. The van der Waals surface area contributed by atoms with Gasteiger partial charge < -0.3 is 10.0 Å². The molecule has 1 saturated heterocycles. The van der Waals surface area contributed by atoms with Crippen LogP contribution in [0.15, 0.2) is 24.3 Å². The first-order valence-corrected chi connectivity index (χ1v) is 6.28. The van der Waals surface area contributed by atoms with Gasteiger partial charge in [-0.25, -0.2) is 0 Å². The maximum atomic E-state index is 9.47. The molecule has 3 atom stereocenters. The van der Waals surface area contributed by atoms with Gasteiger partial charge in [0.05, 0.1) is 6.10 Å². The average molecular weight is 217 g/mol. The van der Waals surface area contributed by atoms with E-state index in [9.17, 15) is 5.11 Å². The first-order valence-electron chi connectivity index (χ1n) is 6.28. The average Bonchev–Trinajstić information content (AvgIpc) is 2.91. The minimum absolute atomic E-state index is 0.357. The first kappa shape index (κ1) is 10.2. The van der Waals surface area contributed by atoms with E-state index in [0.29, 0.717) is 0 Å². The Balaban J connectivity index is 1.80. The van der Waals surface area contributed by atoms with Gasteiger partial charge in [-0.3, -0.25) is 0 Å². The summed E-state index contributed by atoms with van der Waals surface area (Å²) in [5.74, 6) is 0.932. The third kappa shape index (κ3) is 1.61. The summed E-state index contributed by atoms with van der Waals surface area (Å²) in [6, 6.07) is 9.19. The SMILES string of the molecule is C[C@@H](O)c1ccc(N2CC3CCC2C3)cc1. The monoisotopic (exact) mass is 217 g/mol. The van der Waals surface area contributed by atoms with Crippen molar-refractivity contribution in [3.8, 4) is 0 Å². The molecule has 1 aromatic rings. The fourth-order valence-corrected chi connectivity index (χ4v) is 3.19. The second kappa shape index (κ2) is 3.77. The van der Waals surface area contributed by atoms with Gasteiger partial charge in [0, 0.05) is 18.3 Å². The fraction of sp³-hybridized carbons (Fsp3) is 0.571. The zero-order valence-electron chi connectivity index (χ0n) is 9.76. The number of rotatable bonds is 2. The Hall–Kier alpha value is -1.02. The Kier molecular flexibility index (Phi) is 2.40. The van der Waals surface area contributed by atoms with Gasteiger partial charge >= 0.3 is 0 Å². The maximum Gasteiger partial charge on any atom is 0.0761 e. The quantitative estimate of drug-likeness (QED) is 0.823. The van der Waals surface area contributed by atoms with Crippen LogP contribution < -0.4 is 4.90 Å². The van der Waals surface area contributed by atoms with Crippen LogP contribution in [-0.4, -0.2) is 17.7 Å². The fourth-order valence-electron chi connectivity index (χ4n) is 3.19. The molecule has 2 bridgehead atoms. The van der Waals surface area contributed by atoms with Crippen molar-refractivity contribution in [1.82, 2.24) is 0 Å². The Bertz CT molecular complexity index is 371. The van der Waals surface area contributed by atoms with Crippen molar-refractivity contribution in [3.05, 3.63) is 29.8 Å². The van der Waals surface area contributed by atoms with E-state index in [4.69, 9.17) is 0 Å². The summed E-state index contributed by atoms with van der Waals surface area (Å²) in [6.45, 7) is 3.05. The number of nitrogens with zero attached hydrogens (tertiary/aromatic N) is 1. The van der Waals surface area contributed by atoms with Crippen LogP contribution >= 0.6 is 0 Å². The number of aliphatic hydroxyl groups excluding tert-OH is 1. The van der Waals surface area contributed by atoms with Gasteiger partial charge in [0.1, 0.15) is 0 Å². The molecule has 2 heteroatoms. The van der Waals surface area contributed by atoms with Gasteiger partial charge in [-0.2, -0.15) is 0 Å². The van der Waals surface area contributed by atoms with Crippen molar-refractivity contribution in [3.63, 3.8) is 0 Å². The van der Waals surface area contributed by atoms with Crippen LogP contribution in [0.4, 0.5) is 5.69 Å². The van der Waals surface area contributed by atoms with Crippen LogP contribution in [0.3, 0.4) is 0 Å². The maximum absolute atomic E-state index is 9.47. The highest BCUT2D eigenvalue weighted by molar-refractivity contribution is 5.50. The van der Waals surface area contributed by atoms with Crippen LogP contribution in [0.1, 0.15) is 37.9 Å². The Labute approximate surface area is 96.9 Å². The summed E-state index contributed by atoms with van der Waals surface area (Å²) in [4.78, 5) is 2.54. The lowest BCUT2D eigenvalue weighted by atomic mass is 10.1. The predicted octanol–water partition coefficient (Wildman–Crippen LogP) is 2.73. The predicted molar refractivity (Wildman–Crippen MR) is 65.6 cm³/mol. The van der Waals surface area contributed by atoms with Gasteiger partial charge in [0.25, 0.3) is 0 Å². The zero-order chi connectivity index (χ0) is 11.1. The lowest BCUT2D eigenvalue weighted by Gasteiger charge is -2.29. The van der Waals surface area contributed by atoms with E-state index >= 15 is 0 Å². The van der Waals surface area contributed by atoms with Crippen LogP contribution in [0.5, 0.6) is 0 Å². The van der Waals surface area contributed by atoms with Crippen molar-refractivity contribution in [2.75, 3.05) is 11.4 Å². The number of hydrogen-bond donors (Lipinski definition) is 1. The summed E-state index contributed by atoms with van der Waals surface area (Å²) in [5, 5.41) is 9.47. The minimum atomic E-state index is -0.357. The molecule has 1 aliphatic heterocycles. The van der Waals surface area contributed by atoms with E-state index < -0.39 is 0 Å². The van der Waals surface area contributed by atoms with E-state index in [1.54, 1.807) is 0 Å². The highest BCUT2D eigenvalue weighted by Crippen LogP contribution is 2.40. The number of anilines is 1. The highest BCUT2D eigenvalue weighted by atomic mass is 16.3. The van der Waals surface area contributed by atoms with Crippen molar-refractivity contribution in [2.24, 2.45) is 5.92 Å². The van der Waals surface area contributed by atoms with Crippen LogP contribution in [0.2, 0.25) is 0 Å². The molecule has 0 radical (unpaired) electrons. The van der Waals surface area contributed by atoms with Gasteiger partial charge in [0.2, 0.25) is 0 Å². The molecular weight excluding hydrogens is 198 g/mol. The molecule has 86 valence electrons. The molecule has 1 aromatic carbocycles. The molecule has 1 N–H and O–H groups in total. The Morgan fingerprint density at radius 3 is 2.50 bits per heavy atom. The number of piperidine rings is 1. The van der Waals surface area contributed by atoms with Crippen molar-refractivity contribution >= 4 is 5.69 Å². The lowest BCUT2D eigenvalue weighted by molar-refractivity contribution is 0.199. The third-order valence-electron chi connectivity index (χ3n) is 4.12. The van der Waals surface area contributed by atoms with Gasteiger partial charge in [-0.05, 0) is 49.8 Å². The molecule has 2 aliphatic rings. The largest absolute Gasteiger partial charge is 0.389 e. The third-order valence-corrected chi connectivity index (χ3v) is 4.12. The second-order valence-electron chi connectivity index (χ2n) is 5.25. The smallest absolute Gasteiger partial charge is 0.0761 e. The normalized spacial score (nSPS) is 29.8. The number of aliphatic hydroxyl groups is 1. The van der Waals surface area contributed by atoms with Gasteiger partial charge in [-0.15, -0.1) is 0 Å². The van der Waals surface area contributed by atoms with Crippen LogP contribution in [-0.2, 0) is 0 Å². The lowest BCUT2D eigenvalue weighted by Crippen LogP contribution is -2.31. The number of hydrogen-bond acceptors (Lipinski definition) is 2. The van der Waals surface area contributed by atoms with Crippen molar-refractivity contribution in [1.29, 1.82) is 0 Å². The highest BCUT2D eigenvalue weighted by Gasteiger charge is 2.37. The Morgan fingerprint density at radius 1 is 1.25 bits per heavy atom. The standard InChI is InChI=1S/C14H19NO/c1-10(16)12-3-6-13(7-4-12)15-9-11-2-5-14(15)8-11/h3-4,6-7,10-11,14,16H,2,5,8-9H2,1H3/t10-,11?,14?/m1/s1. The number of benzene rings is 1. The van der Waals surface area contributed by atoms with E-state index in [-0.39, 0.29) is 6.10 Å². The molecule has 2 nitrogen and oxygen atoms in total. The molecule has 16 heavy (non-hydrogen) atoms. The molecule has 0 aromatic heterocycles.